The third kappa shape index (κ3) is 3.99. The van der Waals surface area contributed by atoms with E-state index in [0.717, 1.165) is 10.4 Å². The quantitative estimate of drug-likeness (QED) is 0.781. The van der Waals surface area contributed by atoms with Crippen molar-refractivity contribution in [2.24, 2.45) is 0 Å². The molecule has 0 atom stereocenters. The Morgan fingerprint density at radius 2 is 1.75 bits per heavy atom. The number of benzene rings is 2. The molecule has 1 amide bonds. The van der Waals surface area contributed by atoms with Gasteiger partial charge in [-0.1, -0.05) is 36.4 Å². The number of sulfonamides is 1. The highest BCUT2D eigenvalue weighted by molar-refractivity contribution is 7.92. The van der Waals surface area contributed by atoms with Gasteiger partial charge in [-0.05, 0) is 24.3 Å². The monoisotopic (exact) mass is 348 g/mol. The predicted molar refractivity (Wildman–Crippen MR) is 90.6 cm³/mol. The maximum absolute atomic E-state index is 14.1. The molecule has 0 saturated carbocycles. The summed E-state index contributed by atoms with van der Waals surface area (Å²) in [6.07, 6.45) is 1.47. The van der Waals surface area contributed by atoms with Gasteiger partial charge in [0.15, 0.2) is 0 Å². The summed E-state index contributed by atoms with van der Waals surface area (Å²) >= 11 is 0. The van der Waals surface area contributed by atoms with Crippen LogP contribution in [0.5, 0.6) is 0 Å². The SMILES string of the molecule is C=CCNC(=O)CN(c1ccccc1F)S(=O)(=O)c1ccccc1. The van der Waals surface area contributed by atoms with Gasteiger partial charge >= 0.3 is 0 Å². The number of para-hydroxylation sites is 1. The Bertz CT molecular complexity index is 823. The van der Waals surface area contributed by atoms with Crippen LogP contribution in [-0.4, -0.2) is 27.4 Å². The normalized spacial score (nSPS) is 10.9. The van der Waals surface area contributed by atoms with E-state index >= 15 is 0 Å². The van der Waals surface area contributed by atoms with Crippen molar-refractivity contribution in [1.82, 2.24) is 5.32 Å². The fraction of sp³-hybridized carbons (Fsp3) is 0.118. The highest BCUT2D eigenvalue weighted by Gasteiger charge is 2.28. The lowest BCUT2D eigenvalue weighted by molar-refractivity contribution is -0.119. The van der Waals surface area contributed by atoms with Gasteiger partial charge in [0.1, 0.15) is 12.4 Å². The van der Waals surface area contributed by atoms with Gasteiger partial charge < -0.3 is 5.32 Å². The lowest BCUT2D eigenvalue weighted by Crippen LogP contribution is -2.41. The van der Waals surface area contributed by atoms with Crippen molar-refractivity contribution in [1.29, 1.82) is 0 Å². The molecule has 0 heterocycles. The Labute approximate surface area is 140 Å². The molecule has 126 valence electrons. The van der Waals surface area contributed by atoms with E-state index in [4.69, 9.17) is 0 Å². The van der Waals surface area contributed by atoms with Crippen LogP contribution in [0.1, 0.15) is 0 Å². The van der Waals surface area contributed by atoms with E-state index < -0.39 is 28.3 Å². The second-order valence-corrected chi connectivity index (χ2v) is 6.73. The number of amides is 1. The molecule has 0 aromatic heterocycles. The summed E-state index contributed by atoms with van der Waals surface area (Å²) in [7, 11) is -4.09. The first kappa shape index (κ1) is 17.7. The number of nitrogens with zero attached hydrogens (tertiary/aromatic N) is 1. The molecule has 0 spiro atoms. The van der Waals surface area contributed by atoms with Crippen molar-refractivity contribution in [2.75, 3.05) is 17.4 Å². The van der Waals surface area contributed by atoms with E-state index in [-0.39, 0.29) is 17.1 Å². The second kappa shape index (κ2) is 7.74. The average Bonchev–Trinajstić information content (AvgIpc) is 2.59. The fourth-order valence-electron chi connectivity index (χ4n) is 2.05. The van der Waals surface area contributed by atoms with E-state index in [9.17, 15) is 17.6 Å². The number of carbonyl (C=O) groups excluding carboxylic acids is 1. The van der Waals surface area contributed by atoms with Crippen LogP contribution in [0.3, 0.4) is 0 Å². The summed E-state index contributed by atoms with van der Waals surface area (Å²) in [6.45, 7) is 3.13. The van der Waals surface area contributed by atoms with Gasteiger partial charge in [0.25, 0.3) is 10.0 Å². The van der Waals surface area contributed by atoms with Gasteiger partial charge in [0.05, 0.1) is 10.6 Å². The Morgan fingerprint density at radius 1 is 1.12 bits per heavy atom. The zero-order valence-electron chi connectivity index (χ0n) is 12.9. The van der Waals surface area contributed by atoms with Crippen LogP contribution in [-0.2, 0) is 14.8 Å². The summed E-state index contributed by atoms with van der Waals surface area (Å²) < 4.78 is 40.6. The standard InChI is InChI=1S/C17H17FN2O3S/c1-2-12-19-17(21)13-20(16-11-7-6-10-15(16)18)24(22,23)14-8-4-3-5-9-14/h2-11H,1,12-13H2,(H,19,21). The van der Waals surface area contributed by atoms with Gasteiger partial charge in [-0.2, -0.15) is 0 Å². The molecular formula is C17H17FN2O3S. The van der Waals surface area contributed by atoms with Crippen molar-refractivity contribution in [3.05, 3.63) is 73.1 Å². The molecule has 0 bridgehead atoms. The van der Waals surface area contributed by atoms with Gasteiger partial charge in [-0.25, -0.2) is 12.8 Å². The van der Waals surface area contributed by atoms with Crippen molar-refractivity contribution >= 4 is 21.6 Å². The zero-order valence-corrected chi connectivity index (χ0v) is 13.7. The first-order valence-corrected chi connectivity index (χ1v) is 8.60. The molecular weight excluding hydrogens is 331 g/mol. The smallest absolute Gasteiger partial charge is 0.264 e. The maximum Gasteiger partial charge on any atom is 0.264 e. The van der Waals surface area contributed by atoms with Crippen LogP contribution >= 0.6 is 0 Å². The number of carbonyl (C=O) groups is 1. The Morgan fingerprint density at radius 3 is 2.38 bits per heavy atom. The minimum Gasteiger partial charge on any atom is -0.351 e. The van der Waals surface area contributed by atoms with Crippen molar-refractivity contribution < 1.29 is 17.6 Å². The summed E-state index contributed by atoms with van der Waals surface area (Å²) in [4.78, 5) is 12.0. The molecule has 1 N–H and O–H groups in total. The van der Waals surface area contributed by atoms with Crippen molar-refractivity contribution in [3.8, 4) is 0 Å². The predicted octanol–water partition coefficient (Wildman–Crippen LogP) is 2.32. The first-order valence-electron chi connectivity index (χ1n) is 7.16. The van der Waals surface area contributed by atoms with Crippen LogP contribution in [0.25, 0.3) is 0 Å². The maximum atomic E-state index is 14.1. The largest absolute Gasteiger partial charge is 0.351 e. The molecule has 2 aromatic rings. The molecule has 0 aliphatic heterocycles. The minimum atomic E-state index is -4.09. The topological polar surface area (TPSA) is 66.5 Å². The number of anilines is 1. The van der Waals surface area contributed by atoms with Gasteiger partial charge in [-0.3, -0.25) is 9.10 Å². The van der Waals surface area contributed by atoms with Gasteiger partial charge in [0, 0.05) is 6.54 Å². The van der Waals surface area contributed by atoms with Crippen LogP contribution in [0.2, 0.25) is 0 Å². The molecule has 2 aromatic carbocycles. The summed E-state index contributed by atoms with van der Waals surface area (Å²) in [5, 5.41) is 2.49. The lowest BCUT2D eigenvalue weighted by Gasteiger charge is -2.24. The van der Waals surface area contributed by atoms with Gasteiger partial charge in [-0.15, -0.1) is 6.58 Å². The van der Waals surface area contributed by atoms with E-state index in [2.05, 4.69) is 11.9 Å². The van der Waals surface area contributed by atoms with Crippen LogP contribution in [0, 0.1) is 5.82 Å². The average molecular weight is 348 g/mol. The Balaban J connectivity index is 2.45. The van der Waals surface area contributed by atoms with Crippen LogP contribution < -0.4 is 9.62 Å². The van der Waals surface area contributed by atoms with E-state index in [1.807, 2.05) is 0 Å². The van der Waals surface area contributed by atoms with Crippen LogP contribution in [0.15, 0.2) is 72.1 Å². The molecule has 0 aliphatic rings. The van der Waals surface area contributed by atoms with E-state index in [1.54, 1.807) is 18.2 Å². The third-order valence-corrected chi connectivity index (χ3v) is 4.96. The highest BCUT2D eigenvalue weighted by Crippen LogP contribution is 2.25. The number of halogens is 1. The molecule has 0 radical (unpaired) electrons. The highest BCUT2D eigenvalue weighted by atomic mass is 32.2. The molecule has 24 heavy (non-hydrogen) atoms. The molecule has 0 fully saturated rings. The summed E-state index contributed by atoms with van der Waals surface area (Å²) in [5.41, 5.74) is -0.185. The molecule has 0 aliphatic carbocycles. The minimum absolute atomic E-state index is 0.0234. The molecule has 0 saturated heterocycles. The summed E-state index contributed by atoms with van der Waals surface area (Å²) in [6, 6.07) is 13.0. The van der Waals surface area contributed by atoms with E-state index in [0.29, 0.717) is 0 Å². The Kier molecular flexibility index (Phi) is 5.70. The fourth-order valence-corrected chi connectivity index (χ4v) is 3.50. The summed E-state index contributed by atoms with van der Waals surface area (Å²) in [5.74, 6) is -1.29. The van der Waals surface area contributed by atoms with E-state index in [1.165, 1.54) is 36.4 Å². The van der Waals surface area contributed by atoms with Crippen LogP contribution in [0.4, 0.5) is 10.1 Å². The molecule has 2 rings (SSSR count). The zero-order chi connectivity index (χ0) is 17.6. The number of rotatable bonds is 7. The Hall–Kier alpha value is -2.67. The van der Waals surface area contributed by atoms with Crippen molar-refractivity contribution in [2.45, 2.75) is 4.90 Å². The second-order valence-electron chi connectivity index (χ2n) is 4.87. The molecule has 0 unspecified atom stereocenters. The number of hydrogen-bond donors (Lipinski definition) is 1. The lowest BCUT2D eigenvalue weighted by atomic mass is 10.3. The number of nitrogens with one attached hydrogen (secondary N) is 1. The van der Waals surface area contributed by atoms with Gasteiger partial charge in [0.2, 0.25) is 5.91 Å². The first-order chi connectivity index (χ1) is 11.5. The number of hydrogen-bond acceptors (Lipinski definition) is 3. The van der Waals surface area contributed by atoms with Crippen molar-refractivity contribution in [3.63, 3.8) is 0 Å². The third-order valence-electron chi connectivity index (χ3n) is 3.18. The molecule has 7 heteroatoms. The molecule has 5 nitrogen and oxygen atoms in total.